The third kappa shape index (κ3) is 3.62. The van der Waals surface area contributed by atoms with E-state index in [9.17, 15) is 4.79 Å². The summed E-state index contributed by atoms with van der Waals surface area (Å²) in [7, 11) is 3.12. The second-order valence-corrected chi connectivity index (χ2v) is 6.86. The molecule has 2 aromatic heterocycles. The van der Waals surface area contributed by atoms with Crippen LogP contribution in [0.1, 0.15) is 5.89 Å². The molecule has 0 radical (unpaired) electrons. The zero-order chi connectivity index (χ0) is 22.1. The Bertz CT molecular complexity index is 1350. The minimum Gasteiger partial charge on any atom is -0.497 e. The number of ether oxygens (including phenoxy) is 4. The lowest BCUT2D eigenvalue weighted by atomic mass is 10.1. The molecule has 3 heterocycles. The van der Waals surface area contributed by atoms with Gasteiger partial charge in [-0.25, -0.2) is 4.68 Å². The Labute approximate surface area is 181 Å². The van der Waals surface area contributed by atoms with E-state index in [0.717, 1.165) is 5.56 Å². The number of hydrogen-bond donors (Lipinski definition) is 0. The molecule has 0 amide bonds. The fourth-order valence-corrected chi connectivity index (χ4v) is 3.31. The number of rotatable bonds is 6. The fourth-order valence-electron chi connectivity index (χ4n) is 3.31. The van der Waals surface area contributed by atoms with Gasteiger partial charge in [0, 0.05) is 17.7 Å². The maximum Gasteiger partial charge on any atom is 0.267 e. The standard InChI is InChI=1S/C22H18N4O6/c1-28-14-4-5-15(18(10-14)29-2)22-23-20(32-25-22)11-26-21(27)8-6-16(24-26)13-3-7-17-19(9-13)31-12-30-17/h3-10H,11-12H2,1-2H3. The molecule has 0 saturated carbocycles. The molecular weight excluding hydrogens is 416 g/mol. The Kier molecular flexibility index (Phi) is 4.94. The number of benzene rings is 2. The molecule has 162 valence electrons. The lowest BCUT2D eigenvalue weighted by molar-refractivity contribution is 0.174. The van der Waals surface area contributed by atoms with Gasteiger partial charge in [-0.15, -0.1) is 0 Å². The summed E-state index contributed by atoms with van der Waals surface area (Å²) in [5.41, 5.74) is 1.73. The van der Waals surface area contributed by atoms with Crippen LogP contribution in [-0.2, 0) is 6.54 Å². The normalized spacial score (nSPS) is 12.1. The molecule has 0 spiro atoms. The molecule has 0 N–H and O–H groups in total. The van der Waals surface area contributed by atoms with Crippen molar-refractivity contribution in [3.63, 3.8) is 0 Å². The minimum absolute atomic E-state index is 0.0166. The average Bonchev–Trinajstić information content (AvgIpc) is 3.49. The van der Waals surface area contributed by atoms with Crippen LogP contribution < -0.4 is 24.5 Å². The van der Waals surface area contributed by atoms with E-state index in [1.165, 1.54) is 10.7 Å². The van der Waals surface area contributed by atoms with Crippen LogP contribution in [0.2, 0.25) is 0 Å². The first-order valence-electron chi connectivity index (χ1n) is 9.68. The molecular formula is C22H18N4O6. The third-order valence-corrected chi connectivity index (χ3v) is 4.94. The predicted molar refractivity (Wildman–Crippen MR) is 112 cm³/mol. The van der Waals surface area contributed by atoms with Gasteiger partial charge in [0.05, 0.1) is 25.5 Å². The summed E-state index contributed by atoms with van der Waals surface area (Å²) in [4.78, 5) is 16.8. The van der Waals surface area contributed by atoms with E-state index in [1.807, 2.05) is 12.1 Å². The van der Waals surface area contributed by atoms with Gasteiger partial charge in [-0.1, -0.05) is 5.16 Å². The molecule has 32 heavy (non-hydrogen) atoms. The Morgan fingerprint density at radius 3 is 2.72 bits per heavy atom. The van der Waals surface area contributed by atoms with Gasteiger partial charge in [-0.3, -0.25) is 4.79 Å². The van der Waals surface area contributed by atoms with E-state index in [4.69, 9.17) is 23.5 Å². The van der Waals surface area contributed by atoms with Crippen molar-refractivity contribution in [2.75, 3.05) is 21.0 Å². The summed E-state index contributed by atoms with van der Waals surface area (Å²) in [6.07, 6.45) is 0. The van der Waals surface area contributed by atoms with E-state index < -0.39 is 0 Å². The molecule has 2 aromatic carbocycles. The first kappa shape index (κ1) is 19.6. The molecule has 0 aliphatic carbocycles. The Morgan fingerprint density at radius 1 is 1.00 bits per heavy atom. The SMILES string of the molecule is COc1ccc(-c2noc(Cn3nc(-c4ccc5c(c4)OCO5)ccc3=O)n2)c(OC)c1. The Balaban J connectivity index is 1.43. The third-order valence-electron chi connectivity index (χ3n) is 4.94. The molecule has 0 atom stereocenters. The molecule has 10 heteroatoms. The molecule has 10 nitrogen and oxygen atoms in total. The fraction of sp³-hybridized carbons (Fsp3) is 0.182. The first-order valence-corrected chi connectivity index (χ1v) is 9.68. The van der Waals surface area contributed by atoms with Crippen molar-refractivity contribution in [2.24, 2.45) is 0 Å². The van der Waals surface area contributed by atoms with Crippen molar-refractivity contribution in [2.45, 2.75) is 6.54 Å². The largest absolute Gasteiger partial charge is 0.497 e. The highest BCUT2D eigenvalue weighted by Crippen LogP contribution is 2.35. The molecule has 0 saturated heterocycles. The van der Waals surface area contributed by atoms with Crippen molar-refractivity contribution in [1.29, 1.82) is 0 Å². The van der Waals surface area contributed by atoms with Crippen LogP contribution in [-0.4, -0.2) is 40.9 Å². The van der Waals surface area contributed by atoms with Gasteiger partial charge in [0.2, 0.25) is 18.5 Å². The van der Waals surface area contributed by atoms with Gasteiger partial charge in [-0.2, -0.15) is 10.1 Å². The summed E-state index contributed by atoms with van der Waals surface area (Å²) in [5.74, 6) is 3.06. The van der Waals surface area contributed by atoms with Crippen LogP contribution in [0, 0.1) is 0 Å². The minimum atomic E-state index is -0.295. The number of fused-ring (bicyclic) bond motifs is 1. The molecule has 1 aliphatic rings. The maximum absolute atomic E-state index is 12.4. The number of methoxy groups -OCH3 is 2. The highest BCUT2D eigenvalue weighted by atomic mass is 16.7. The molecule has 1 aliphatic heterocycles. The van der Waals surface area contributed by atoms with Crippen LogP contribution in [0.15, 0.2) is 57.8 Å². The lowest BCUT2D eigenvalue weighted by Gasteiger charge is -2.07. The van der Waals surface area contributed by atoms with E-state index in [1.54, 1.807) is 44.6 Å². The molecule has 0 unspecified atom stereocenters. The molecule has 0 bridgehead atoms. The quantitative estimate of drug-likeness (QED) is 0.452. The van der Waals surface area contributed by atoms with E-state index in [0.29, 0.717) is 40.1 Å². The predicted octanol–water partition coefficient (Wildman–Crippen LogP) is 2.75. The Morgan fingerprint density at radius 2 is 1.88 bits per heavy atom. The second kappa shape index (κ2) is 8.06. The highest BCUT2D eigenvalue weighted by molar-refractivity contribution is 5.65. The van der Waals surface area contributed by atoms with Gasteiger partial charge >= 0.3 is 0 Å². The van der Waals surface area contributed by atoms with Crippen molar-refractivity contribution in [3.8, 4) is 45.6 Å². The number of hydrogen-bond acceptors (Lipinski definition) is 9. The average molecular weight is 434 g/mol. The van der Waals surface area contributed by atoms with Gasteiger partial charge < -0.3 is 23.5 Å². The zero-order valence-corrected chi connectivity index (χ0v) is 17.3. The number of aromatic nitrogens is 4. The Hall–Kier alpha value is -4.34. The van der Waals surface area contributed by atoms with Crippen molar-refractivity contribution in [1.82, 2.24) is 19.9 Å². The van der Waals surface area contributed by atoms with Crippen LogP contribution in [0.4, 0.5) is 0 Å². The zero-order valence-electron chi connectivity index (χ0n) is 17.3. The lowest BCUT2D eigenvalue weighted by Crippen LogP contribution is -2.23. The monoisotopic (exact) mass is 434 g/mol. The van der Waals surface area contributed by atoms with Crippen LogP contribution in [0.25, 0.3) is 22.6 Å². The molecule has 0 fully saturated rings. The van der Waals surface area contributed by atoms with Gasteiger partial charge in [0.1, 0.15) is 18.0 Å². The summed E-state index contributed by atoms with van der Waals surface area (Å²) >= 11 is 0. The topological polar surface area (TPSA) is 111 Å². The molecule has 4 aromatic rings. The van der Waals surface area contributed by atoms with Crippen LogP contribution in [0.3, 0.4) is 0 Å². The van der Waals surface area contributed by atoms with E-state index in [-0.39, 0.29) is 24.8 Å². The van der Waals surface area contributed by atoms with Crippen molar-refractivity contribution < 1.29 is 23.5 Å². The van der Waals surface area contributed by atoms with Gasteiger partial charge in [0.15, 0.2) is 11.5 Å². The summed E-state index contributed by atoms with van der Waals surface area (Å²) in [6.45, 7) is 0.201. The van der Waals surface area contributed by atoms with E-state index in [2.05, 4.69) is 15.2 Å². The summed E-state index contributed by atoms with van der Waals surface area (Å²) in [5, 5.41) is 8.46. The molecule has 5 rings (SSSR count). The van der Waals surface area contributed by atoms with Crippen LogP contribution >= 0.6 is 0 Å². The second-order valence-electron chi connectivity index (χ2n) is 6.86. The smallest absolute Gasteiger partial charge is 0.267 e. The van der Waals surface area contributed by atoms with Crippen LogP contribution in [0.5, 0.6) is 23.0 Å². The highest BCUT2D eigenvalue weighted by Gasteiger charge is 2.17. The van der Waals surface area contributed by atoms with Crippen molar-refractivity contribution >= 4 is 0 Å². The van der Waals surface area contributed by atoms with Gasteiger partial charge in [-0.05, 0) is 36.4 Å². The van der Waals surface area contributed by atoms with Crippen molar-refractivity contribution in [3.05, 3.63) is 64.8 Å². The van der Waals surface area contributed by atoms with Gasteiger partial charge in [0.25, 0.3) is 5.56 Å². The van der Waals surface area contributed by atoms with E-state index >= 15 is 0 Å². The first-order chi connectivity index (χ1) is 15.6. The number of nitrogens with zero attached hydrogens (tertiary/aromatic N) is 4. The summed E-state index contributed by atoms with van der Waals surface area (Å²) in [6, 6.07) is 13.8. The summed E-state index contributed by atoms with van der Waals surface area (Å²) < 4.78 is 28.0. The maximum atomic E-state index is 12.4.